The number of rotatable bonds is 63. The van der Waals surface area contributed by atoms with Crippen LogP contribution in [-0.2, 0) is 28.6 Å². The molecule has 0 aliphatic carbocycles. The van der Waals surface area contributed by atoms with E-state index in [9.17, 15) is 14.4 Å². The molecule has 452 valence electrons. The summed E-state index contributed by atoms with van der Waals surface area (Å²) >= 11 is 0. The largest absolute Gasteiger partial charge is 0.462 e. The first-order valence-electron chi connectivity index (χ1n) is 34.7. The van der Waals surface area contributed by atoms with Crippen molar-refractivity contribution in [2.24, 2.45) is 17.8 Å². The van der Waals surface area contributed by atoms with Crippen molar-refractivity contribution in [1.82, 2.24) is 0 Å². The molecule has 0 aliphatic rings. The first-order chi connectivity index (χ1) is 37.2. The molecule has 0 aromatic carbocycles. The number of esters is 3. The molecule has 0 saturated carbocycles. The normalized spacial score (nSPS) is 12.8. The topological polar surface area (TPSA) is 78.9 Å². The van der Waals surface area contributed by atoms with Crippen molar-refractivity contribution in [2.75, 3.05) is 13.2 Å². The summed E-state index contributed by atoms with van der Waals surface area (Å²) in [4.78, 5) is 38.4. The fraction of sp³-hybridized carbons (Fsp3) is 0.957. The highest BCUT2D eigenvalue weighted by Gasteiger charge is 2.20. The van der Waals surface area contributed by atoms with Gasteiger partial charge in [-0.1, -0.05) is 356 Å². The van der Waals surface area contributed by atoms with Crippen LogP contribution in [0, 0.1) is 17.8 Å². The number of ether oxygens (including phenoxy) is 3. The molecule has 0 radical (unpaired) electrons. The standard InChI is InChI=1S/C70H136O6/c1-7-65(5)57-51-45-39-33-27-21-15-11-9-10-12-16-23-29-35-41-47-53-59-68(71)74-62-67(76-70(73)61-55-49-43-37-31-25-17-13-14-20-26-32-38-44-50-56-64(3)4)63-75-69(72)60-54-48-42-36-30-24-19-18-22-28-34-40-46-52-58-66(6)8-2/h64-67H,7-63H2,1-6H3/t65?,66?,67-/m1/s1. The molecular formula is C70H136O6. The average molecular weight is 1070 g/mol. The molecule has 0 saturated heterocycles. The highest BCUT2D eigenvalue weighted by molar-refractivity contribution is 5.71. The van der Waals surface area contributed by atoms with Crippen molar-refractivity contribution in [3.05, 3.63) is 0 Å². The first-order valence-corrected chi connectivity index (χ1v) is 34.7. The molecule has 0 amide bonds. The molecule has 76 heavy (non-hydrogen) atoms. The van der Waals surface area contributed by atoms with Crippen molar-refractivity contribution < 1.29 is 28.6 Å². The van der Waals surface area contributed by atoms with Crippen LogP contribution < -0.4 is 0 Å². The van der Waals surface area contributed by atoms with E-state index in [1.807, 2.05) is 0 Å². The zero-order valence-electron chi connectivity index (χ0n) is 52.6. The van der Waals surface area contributed by atoms with Gasteiger partial charge in [-0.2, -0.15) is 0 Å². The molecule has 0 spiro atoms. The minimum absolute atomic E-state index is 0.0620. The molecule has 0 aromatic heterocycles. The van der Waals surface area contributed by atoms with Crippen molar-refractivity contribution in [2.45, 2.75) is 401 Å². The lowest BCUT2D eigenvalue weighted by molar-refractivity contribution is -0.167. The SMILES string of the molecule is CCC(C)CCCCCCCCCCCCCCCCCCCCC(=O)OC[C@H](COC(=O)CCCCCCCCCCCCCCCCC(C)CC)OC(=O)CCCCCCCCCCCCCCCCCC(C)C. The summed E-state index contributed by atoms with van der Waals surface area (Å²) in [5.74, 6) is 1.82. The zero-order chi connectivity index (χ0) is 55.5. The Labute approximate surface area is 476 Å². The highest BCUT2D eigenvalue weighted by atomic mass is 16.6. The van der Waals surface area contributed by atoms with Crippen LogP contribution in [0.25, 0.3) is 0 Å². The Morgan fingerprint density at radius 1 is 0.263 bits per heavy atom. The molecule has 0 bridgehead atoms. The molecule has 6 nitrogen and oxygen atoms in total. The van der Waals surface area contributed by atoms with Crippen LogP contribution in [0.1, 0.15) is 395 Å². The Morgan fingerprint density at radius 2 is 0.461 bits per heavy atom. The van der Waals surface area contributed by atoms with Gasteiger partial charge in [-0.25, -0.2) is 0 Å². The number of unbranched alkanes of at least 4 members (excludes halogenated alkanes) is 44. The van der Waals surface area contributed by atoms with E-state index in [2.05, 4.69) is 41.5 Å². The first kappa shape index (κ1) is 74.4. The van der Waals surface area contributed by atoms with Crippen molar-refractivity contribution >= 4 is 17.9 Å². The number of carbonyl (C=O) groups is 3. The summed E-state index contributed by atoms with van der Waals surface area (Å²) in [6.07, 6.45) is 68.1. The second-order valence-corrected chi connectivity index (χ2v) is 25.1. The van der Waals surface area contributed by atoms with E-state index >= 15 is 0 Å². The molecule has 2 unspecified atom stereocenters. The van der Waals surface area contributed by atoms with Gasteiger partial charge in [0.15, 0.2) is 6.10 Å². The van der Waals surface area contributed by atoms with E-state index in [0.29, 0.717) is 19.3 Å². The summed E-state index contributed by atoms with van der Waals surface area (Å²) < 4.78 is 17.0. The number of carbonyl (C=O) groups excluding carboxylic acids is 3. The summed E-state index contributed by atoms with van der Waals surface area (Å²) in [5, 5.41) is 0. The van der Waals surface area contributed by atoms with Crippen LogP contribution in [0.15, 0.2) is 0 Å². The van der Waals surface area contributed by atoms with Crippen LogP contribution in [0.5, 0.6) is 0 Å². The minimum Gasteiger partial charge on any atom is -0.462 e. The van der Waals surface area contributed by atoms with Gasteiger partial charge in [0.2, 0.25) is 0 Å². The lowest BCUT2D eigenvalue weighted by Crippen LogP contribution is -2.30. The van der Waals surface area contributed by atoms with Crippen LogP contribution in [0.3, 0.4) is 0 Å². The lowest BCUT2D eigenvalue weighted by atomic mass is 9.99. The van der Waals surface area contributed by atoms with E-state index in [4.69, 9.17) is 14.2 Å². The zero-order valence-corrected chi connectivity index (χ0v) is 52.6. The maximum Gasteiger partial charge on any atom is 0.306 e. The molecule has 0 aliphatic heterocycles. The molecule has 0 heterocycles. The molecule has 3 atom stereocenters. The van der Waals surface area contributed by atoms with Gasteiger partial charge in [0.1, 0.15) is 13.2 Å². The quantitative estimate of drug-likeness (QED) is 0.0343. The molecule has 0 aromatic rings. The van der Waals surface area contributed by atoms with Gasteiger partial charge in [-0.15, -0.1) is 0 Å². The van der Waals surface area contributed by atoms with Gasteiger partial charge >= 0.3 is 17.9 Å². The highest BCUT2D eigenvalue weighted by Crippen LogP contribution is 2.20. The summed E-state index contributed by atoms with van der Waals surface area (Å²) in [6, 6.07) is 0. The summed E-state index contributed by atoms with van der Waals surface area (Å²) in [7, 11) is 0. The Bertz CT molecular complexity index is 1180. The maximum atomic E-state index is 12.9. The third kappa shape index (κ3) is 60.1. The second-order valence-electron chi connectivity index (χ2n) is 25.1. The van der Waals surface area contributed by atoms with E-state index in [1.54, 1.807) is 0 Å². The van der Waals surface area contributed by atoms with Gasteiger partial charge < -0.3 is 14.2 Å². The van der Waals surface area contributed by atoms with Crippen LogP contribution in [0.4, 0.5) is 0 Å². The summed E-state index contributed by atoms with van der Waals surface area (Å²) in [5.41, 5.74) is 0. The molecular weight excluding hydrogens is 937 g/mol. The minimum atomic E-state index is -0.765. The third-order valence-electron chi connectivity index (χ3n) is 16.9. The molecule has 0 fully saturated rings. The van der Waals surface area contributed by atoms with Gasteiger partial charge in [-0.3, -0.25) is 14.4 Å². The molecule has 6 heteroatoms. The third-order valence-corrected chi connectivity index (χ3v) is 16.9. The average Bonchev–Trinajstić information content (AvgIpc) is 3.41. The molecule has 0 N–H and O–H groups in total. The lowest BCUT2D eigenvalue weighted by Gasteiger charge is -2.18. The predicted molar refractivity (Wildman–Crippen MR) is 330 cm³/mol. The smallest absolute Gasteiger partial charge is 0.306 e. The van der Waals surface area contributed by atoms with Gasteiger partial charge in [0, 0.05) is 19.3 Å². The number of hydrogen-bond donors (Lipinski definition) is 0. The van der Waals surface area contributed by atoms with Gasteiger partial charge in [0.05, 0.1) is 0 Å². The Balaban J connectivity index is 4.28. The fourth-order valence-corrected chi connectivity index (χ4v) is 10.9. The van der Waals surface area contributed by atoms with Crippen LogP contribution in [0.2, 0.25) is 0 Å². The Hall–Kier alpha value is -1.59. The van der Waals surface area contributed by atoms with E-state index in [0.717, 1.165) is 75.5 Å². The monoisotopic (exact) mass is 1070 g/mol. The van der Waals surface area contributed by atoms with Crippen molar-refractivity contribution in [1.29, 1.82) is 0 Å². The van der Waals surface area contributed by atoms with Crippen LogP contribution >= 0.6 is 0 Å². The summed E-state index contributed by atoms with van der Waals surface area (Å²) in [6.45, 7) is 13.9. The maximum absolute atomic E-state index is 12.9. The van der Waals surface area contributed by atoms with E-state index in [1.165, 1.54) is 276 Å². The van der Waals surface area contributed by atoms with Crippen LogP contribution in [-0.4, -0.2) is 37.2 Å². The van der Waals surface area contributed by atoms with E-state index < -0.39 is 6.10 Å². The van der Waals surface area contributed by atoms with Gasteiger partial charge in [-0.05, 0) is 37.0 Å². The fourth-order valence-electron chi connectivity index (χ4n) is 10.9. The van der Waals surface area contributed by atoms with Gasteiger partial charge in [0.25, 0.3) is 0 Å². The van der Waals surface area contributed by atoms with E-state index in [-0.39, 0.29) is 31.1 Å². The second kappa shape index (κ2) is 61.0. The Morgan fingerprint density at radius 3 is 0.684 bits per heavy atom. The number of hydrogen-bond acceptors (Lipinski definition) is 6. The molecule has 0 rings (SSSR count). The Kier molecular flexibility index (Phi) is 59.8. The predicted octanol–water partition coefficient (Wildman–Crippen LogP) is 23.4. The van der Waals surface area contributed by atoms with Crippen molar-refractivity contribution in [3.63, 3.8) is 0 Å². The van der Waals surface area contributed by atoms with Crippen molar-refractivity contribution in [3.8, 4) is 0 Å².